The number of piperidine rings is 2. The summed E-state index contributed by atoms with van der Waals surface area (Å²) in [6.07, 6.45) is 1.38. The van der Waals surface area contributed by atoms with Crippen LogP contribution in [-0.4, -0.2) is 19.1 Å². The Balaban J connectivity index is 2.03. The Morgan fingerprint density at radius 1 is 1.25 bits per heavy atom. The van der Waals surface area contributed by atoms with Crippen LogP contribution in [0.3, 0.4) is 0 Å². The first kappa shape index (κ1) is 4.77. The summed E-state index contributed by atoms with van der Waals surface area (Å²) in [6, 6.07) is 0.538. The zero-order valence-electron chi connectivity index (χ0n) is 4.93. The third kappa shape index (κ3) is 0.446. The Kier molecular flexibility index (Phi) is 0.866. The molecule has 3 atom stereocenters. The number of fused-ring (bicyclic) bond motifs is 2. The Labute approximate surface area is 49.4 Å². The van der Waals surface area contributed by atoms with Crippen molar-refractivity contribution < 1.29 is 0 Å². The molecule has 2 saturated heterocycles. The van der Waals surface area contributed by atoms with Crippen LogP contribution >= 0.6 is 0 Å². The van der Waals surface area contributed by atoms with Crippen molar-refractivity contribution in [2.24, 2.45) is 17.6 Å². The van der Waals surface area contributed by atoms with E-state index < -0.39 is 0 Å². The lowest BCUT2D eigenvalue weighted by atomic mass is 9.67. The van der Waals surface area contributed by atoms with Gasteiger partial charge in [0.2, 0.25) is 0 Å². The van der Waals surface area contributed by atoms with Gasteiger partial charge >= 0.3 is 0 Å². The van der Waals surface area contributed by atoms with Gasteiger partial charge in [0.1, 0.15) is 0 Å². The molecule has 2 heteroatoms. The van der Waals surface area contributed by atoms with Gasteiger partial charge in [-0.1, -0.05) is 0 Å². The molecule has 2 aliphatic heterocycles. The molecule has 8 heavy (non-hydrogen) atoms. The standard InChI is InChI=1S/C6H12N2/c7-6-4-1-5(6)3-8-2-4/h4-6,8H,1-3,7H2/t4-,5+,6?. The lowest BCUT2D eigenvalue weighted by Crippen LogP contribution is -2.60. The maximum atomic E-state index is 5.79. The molecule has 2 bridgehead atoms. The fourth-order valence-corrected chi connectivity index (χ4v) is 1.79. The van der Waals surface area contributed by atoms with E-state index in [1.807, 2.05) is 0 Å². The van der Waals surface area contributed by atoms with Crippen LogP contribution in [0.4, 0.5) is 0 Å². The number of nitrogens with two attached hydrogens (primary N) is 1. The minimum Gasteiger partial charge on any atom is -0.327 e. The van der Waals surface area contributed by atoms with Gasteiger partial charge in [0, 0.05) is 6.04 Å². The van der Waals surface area contributed by atoms with Crippen LogP contribution in [-0.2, 0) is 0 Å². The molecule has 1 aliphatic carbocycles. The van der Waals surface area contributed by atoms with Crippen LogP contribution in [0.25, 0.3) is 0 Å². The molecule has 2 nitrogen and oxygen atoms in total. The summed E-state index contributed by atoms with van der Waals surface area (Å²) < 4.78 is 0. The molecule has 3 rings (SSSR count). The maximum absolute atomic E-state index is 5.79. The topological polar surface area (TPSA) is 38.0 Å². The summed E-state index contributed by atoms with van der Waals surface area (Å²) in [4.78, 5) is 0. The highest BCUT2D eigenvalue weighted by molar-refractivity contribution is 4.98. The summed E-state index contributed by atoms with van der Waals surface area (Å²) in [6.45, 7) is 2.33. The normalized spacial score (nSPS) is 52.9. The van der Waals surface area contributed by atoms with E-state index in [2.05, 4.69) is 5.32 Å². The first-order valence-corrected chi connectivity index (χ1v) is 3.34. The van der Waals surface area contributed by atoms with E-state index in [0.29, 0.717) is 6.04 Å². The molecule has 3 aliphatic rings. The van der Waals surface area contributed by atoms with Crippen LogP contribution in [0.1, 0.15) is 6.42 Å². The van der Waals surface area contributed by atoms with E-state index in [1.165, 1.54) is 6.42 Å². The Morgan fingerprint density at radius 3 is 2.12 bits per heavy atom. The predicted molar refractivity (Wildman–Crippen MR) is 32.4 cm³/mol. The van der Waals surface area contributed by atoms with Crippen molar-refractivity contribution in [2.75, 3.05) is 13.1 Å². The highest BCUT2D eigenvalue weighted by Crippen LogP contribution is 2.34. The maximum Gasteiger partial charge on any atom is 0.0120 e. The van der Waals surface area contributed by atoms with Crippen molar-refractivity contribution in [3.8, 4) is 0 Å². The molecule has 0 aromatic rings. The molecule has 0 radical (unpaired) electrons. The van der Waals surface area contributed by atoms with Crippen LogP contribution < -0.4 is 11.1 Å². The Hall–Kier alpha value is -0.0800. The molecule has 3 N–H and O–H groups in total. The van der Waals surface area contributed by atoms with Gasteiger partial charge in [-0.3, -0.25) is 0 Å². The Bertz CT molecular complexity index is 88.7. The smallest absolute Gasteiger partial charge is 0.0120 e. The lowest BCUT2D eigenvalue weighted by Gasteiger charge is -2.47. The van der Waals surface area contributed by atoms with Gasteiger partial charge in [-0.2, -0.15) is 0 Å². The number of nitrogens with one attached hydrogen (secondary N) is 1. The van der Waals surface area contributed by atoms with Crippen LogP contribution in [0.15, 0.2) is 0 Å². The fourth-order valence-electron chi connectivity index (χ4n) is 1.79. The first-order chi connectivity index (χ1) is 3.88. The van der Waals surface area contributed by atoms with Crippen molar-refractivity contribution in [3.05, 3.63) is 0 Å². The van der Waals surface area contributed by atoms with Gasteiger partial charge in [0.25, 0.3) is 0 Å². The van der Waals surface area contributed by atoms with Gasteiger partial charge in [-0.05, 0) is 31.3 Å². The summed E-state index contributed by atoms with van der Waals surface area (Å²) in [7, 11) is 0. The summed E-state index contributed by atoms with van der Waals surface area (Å²) in [5.41, 5.74) is 5.79. The summed E-state index contributed by atoms with van der Waals surface area (Å²) in [5.74, 6) is 1.63. The Morgan fingerprint density at radius 2 is 1.88 bits per heavy atom. The highest BCUT2D eigenvalue weighted by Gasteiger charge is 2.40. The molecule has 0 spiro atoms. The van der Waals surface area contributed by atoms with Crippen molar-refractivity contribution in [1.29, 1.82) is 0 Å². The molecule has 3 fully saturated rings. The van der Waals surface area contributed by atoms with Crippen LogP contribution in [0.5, 0.6) is 0 Å². The van der Waals surface area contributed by atoms with Crippen LogP contribution in [0.2, 0.25) is 0 Å². The van der Waals surface area contributed by atoms with Gasteiger partial charge < -0.3 is 11.1 Å². The summed E-state index contributed by atoms with van der Waals surface area (Å²) >= 11 is 0. The molecule has 1 saturated carbocycles. The minimum atomic E-state index is 0.538. The van der Waals surface area contributed by atoms with Crippen molar-refractivity contribution in [2.45, 2.75) is 12.5 Å². The van der Waals surface area contributed by atoms with Crippen molar-refractivity contribution in [1.82, 2.24) is 5.32 Å². The van der Waals surface area contributed by atoms with Crippen molar-refractivity contribution >= 4 is 0 Å². The molecule has 2 heterocycles. The summed E-state index contributed by atoms with van der Waals surface area (Å²) in [5, 5.41) is 3.33. The largest absolute Gasteiger partial charge is 0.327 e. The van der Waals surface area contributed by atoms with Crippen molar-refractivity contribution in [3.63, 3.8) is 0 Å². The average molecular weight is 112 g/mol. The average Bonchev–Trinajstić information content (AvgIpc) is 1.89. The number of hydrogen-bond acceptors (Lipinski definition) is 2. The minimum absolute atomic E-state index is 0.538. The first-order valence-electron chi connectivity index (χ1n) is 3.34. The SMILES string of the molecule is NC1[C@@H]2CNC[C@H]1C2. The molecule has 0 aromatic carbocycles. The lowest BCUT2D eigenvalue weighted by molar-refractivity contribution is 0.0955. The molecule has 46 valence electrons. The van der Waals surface area contributed by atoms with E-state index in [1.54, 1.807) is 0 Å². The molecular weight excluding hydrogens is 100 g/mol. The molecular formula is C6H12N2. The predicted octanol–water partition coefficient (Wildman–Crippen LogP) is -0.447. The van der Waals surface area contributed by atoms with Gasteiger partial charge in [0.15, 0.2) is 0 Å². The number of rotatable bonds is 0. The zero-order chi connectivity index (χ0) is 5.56. The highest BCUT2D eigenvalue weighted by atomic mass is 15.0. The van der Waals surface area contributed by atoms with E-state index in [-0.39, 0.29) is 0 Å². The molecule has 0 amide bonds. The van der Waals surface area contributed by atoms with E-state index in [9.17, 15) is 0 Å². The van der Waals surface area contributed by atoms with Gasteiger partial charge in [0.05, 0.1) is 0 Å². The fraction of sp³-hybridized carbons (Fsp3) is 1.00. The second-order valence-electron chi connectivity index (χ2n) is 2.99. The van der Waals surface area contributed by atoms with Crippen LogP contribution in [0, 0.1) is 11.8 Å². The quantitative estimate of drug-likeness (QED) is 0.445. The second-order valence-corrected chi connectivity index (χ2v) is 2.99. The molecule has 1 unspecified atom stereocenters. The third-order valence-corrected chi connectivity index (χ3v) is 2.51. The van der Waals surface area contributed by atoms with E-state index >= 15 is 0 Å². The van der Waals surface area contributed by atoms with Gasteiger partial charge in [-0.25, -0.2) is 0 Å². The monoisotopic (exact) mass is 112 g/mol. The molecule has 0 aromatic heterocycles. The van der Waals surface area contributed by atoms with Gasteiger partial charge in [-0.15, -0.1) is 0 Å². The van der Waals surface area contributed by atoms with E-state index in [4.69, 9.17) is 5.73 Å². The zero-order valence-corrected chi connectivity index (χ0v) is 4.93. The number of hydrogen-bond donors (Lipinski definition) is 2. The second kappa shape index (κ2) is 1.45. The third-order valence-electron chi connectivity index (χ3n) is 2.51. The van der Waals surface area contributed by atoms with E-state index in [0.717, 1.165) is 24.9 Å².